The lowest BCUT2D eigenvalue weighted by Crippen LogP contribution is -2.54. The Hall–Kier alpha value is -1.81. The highest BCUT2D eigenvalue weighted by Gasteiger charge is 2.37. The summed E-state index contributed by atoms with van der Waals surface area (Å²) >= 11 is 1.57. The molecule has 1 rings (SSSR count). The minimum Gasteiger partial charge on any atom is -0.481 e. The second-order valence-electron chi connectivity index (χ2n) is 5.91. The molecule has 9 nitrogen and oxygen atoms in total. The lowest BCUT2D eigenvalue weighted by molar-refractivity contribution is -0.144. The van der Waals surface area contributed by atoms with Crippen LogP contribution in [-0.4, -0.2) is 75.5 Å². The van der Waals surface area contributed by atoms with Crippen LogP contribution in [0.15, 0.2) is 0 Å². The summed E-state index contributed by atoms with van der Waals surface area (Å²) in [6.07, 6.45) is 2.88. The van der Waals surface area contributed by atoms with E-state index >= 15 is 0 Å². The molecule has 1 aliphatic rings. The quantitative estimate of drug-likeness (QED) is 0.399. The molecule has 1 fully saturated rings. The number of nitrogens with one attached hydrogen (secondary N) is 1. The van der Waals surface area contributed by atoms with Gasteiger partial charge >= 0.3 is 11.9 Å². The van der Waals surface area contributed by atoms with E-state index < -0.39 is 36.0 Å². The van der Waals surface area contributed by atoms with Crippen molar-refractivity contribution in [2.75, 3.05) is 18.6 Å². The summed E-state index contributed by atoms with van der Waals surface area (Å²) in [6.45, 7) is 0.400. The molecule has 3 unspecified atom stereocenters. The van der Waals surface area contributed by atoms with E-state index in [-0.39, 0.29) is 18.7 Å². The molecule has 5 N–H and O–H groups in total. The van der Waals surface area contributed by atoms with Gasteiger partial charge in [-0.3, -0.25) is 14.4 Å². The van der Waals surface area contributed by atoms with Crippen LogP contribution in [0.2, 0.25) is 0 Å². The van der Waals surface area contributed by atoms with E-state index in [0.717, 1.165) is 5.75 Å². The first-order valence-electron chi connectivity index (χ1n) is 8.07. The van der Waals surface area contributed by atoms with Gasteiger partial charge in [0.25, 0.3) is 0 Å². The molecular formula is C15H25N3O6S. The van der Waals surface area contributed by atoms with E-state index in [1.54, 1.807) is 11.8 Å². The van der Waals surface area contributed by atoms with Gasteiger partial charge < -0.3 is 26.2 Å². The van der Waals surface area contributed by atoms with Gasteiger partial charge in [0.05, 0.1) is 6.04 Å². The summed E-state index contributed by atoms with van der Waals surface area (Å²) in [6, 6.07) is -2.76. The number of likely N-dealkylation sites (tertiary alicyclic amines) is 1. The summed E-state index contributed by atoms with van der Waals surface area (Å²) in [7, 11) is 0. The fraction of sp³-hybridized carbons (Fsp3) is 0.733. The molecule has 0 aromatic rings. The van der Waals surface area contributed by atoms with Crippen LogP contribution < -0.4 is 11.1 Å². The highest BCUT2D eigenvalue weighted by molar-refractivity contribution is 7.98. The molecule has 2 amide bonds. The monoisotopic (exact) mass is 375 g/mol. The Bertz CT molecular complexity index is 515. The zero-order chi connectivity index (χ0) is 19.0. The summed E-state index contributed by atoms with van der Waals surface area (Å²) in [4.78, 5) is 48.0. The number of carboxylic acids is 2. The van der Waals surface area contributed by atoms with Crippen molar-refractivity contribution in [2.24, 2.45) is 5.73 Å². The maximum Gasteiger partial charge on any atom is 0.326 e. The van der Waals surface area contributed by atoms with Crippen molar-refractivity contribution < 1.29 is 29.4 Å². The van der Waals surface area contributed by atoms with Crippen LogP contribution in [0.1, 0.15) is 32.1 Å². The number of carbonyl (C=O) groups excluding carboxylic acids is 2. The van der Waals surface area contributed by atoms with Gasteiger partial charge in [-0.1, -0.05) is 0 Å². The Morgan fingerprint density at radius 3 is 2.52 bits per heavy atom. The fourth-order valence-electron chi connectivity index (χ4n) is 2.68. The van der Waals surface area contributed by atoms with E-state index in [1.807, 2.05) is 6.26 Å². The first-order valence-corrected chi connectivity index (χ1v) is 9.47. The summed E-state index contributed by atoms with van der Waals surface area (Å²) in [5.41, 5.74) is 5.88. The van der Waals surface area contributed by atoms with Crippen molar-refractivity contribution >= 4 is 35.5 Å². The first kappa shape index (κ1) is 21.2. The van der Waals surface area contributed by atoms with Crippen LogP contribution >= 0.6 is 11.8 Å². The van der Waals surface area contributed by atoms with Crippen molar-refractivity contribution in [2.45, 2.75) is 50.2 Å². The number of thioether (sulfide) groups is 1. The van der Waals surface area contributed by atoms with Crippen LogP contribution in [0.3, 0.4) is 0 Å². The van der Waals surface area contributed by atoms with Crippen molar-refractivity contribution in [3.05, 3.63) is 0 Å². The Labute approximate surface area is 150 Å². The normalized spacial score (nSPS) is 19.3. The highest BCUT2D eigenvalue weighted by atomic mass is 32.2. The third-order valence-electron chi connectivity index (χ3n) is 4.05. The molecule has 142 valence electrons. The Balaban J connectivity index is 2.69. The third kappa shape index (κ3) is 6.54. The van der Waals surface area contributed by atoms with Crippen LogP contribution in [0.25, 0.3) is 0 Å². The second-order valence-corrected chi connectivity index (χ2v) is 6.90. The Kier molecular flexibility index (Phi) is 8.70. The molecule has 10 heteroatoms. The average molecular weight is 375 g/mol. The first-order chi connectivity index (χ1) is 11.8. The van der Waals surface area contributed by atoms with Gasteiger partial charge in [0, 0.05) is 13.0 Å². The molecule has 25 heavy (non-hydrogen) atoms. The van der Waals surface area contributed by atoms with Crippen molar-refractivity contribution in [1.29, 1.82) is 0 Å². The number of rotatable bonds is 10. The minimum absolute atomic E-state index is 0.218. The predicted molar refractivity (Wildman–Crippen MR) is 92.1 cm³/mol. The van der Waals surface area contributed by atoms with E-state index in [2.05, 4.69) is 5.32 Å². The summed E-state index contributed by atoms with van der Waals surface area (Å²) < 4.78 is 0. The zero-order valence-corrected chi connectivity index (χ0v) is 15.0. The number of nitrogens with zero attached hydrogens (tertiary/aromatic N) is 1. The lowest BCUT2D eigenvalue weighted by Gasteiger charge is -2.27. The van der Waals surface area contributed by atoms with Crippen LogP contribution in [0, 0.1) is 0 Å². The van der Waals surface area contributed by atoms with Gasteiger partial charge in [0.1, 0.15) is 12.1 Å². The number of carbonyl (C=O) groups is 4. The van der Waals surface area contributed by atoms with E-state index in [9.17, 15) is 19.2 Å². The highest BCUT2D eigenvalue weighted by Crippen LogP contribution is 2.19. The molecule has 1 saturated heterocycles. The Morgan fingerprint density at radius 2 is 1.96 bits per heavy atom. The maximum atomic E-state index is 12.4. The number of hydrogen-bond acceptors (Lipinski definition) is 6. The predicted octanol–water partition coefficient (Wildman–Crippen LogP) is -0.508. The SMILES string of the molecule is CSCCC(N)C(=O)N1CCCC1C(=O)NC(CCC(=O)O)C(=O)O. The van der Waals surface area contributed by atoms with E-state index in [0.29, 0.717) is 25.8 Å². The van der Waals surface area contributed by atoms with E-state index in [1.165, 1.54) is 4.90 Å². The number of carboxylic acid groups (broad SMARTS) is 2. The maximum absolute atomic E-state index is 12.4. The number of aliphatic carboxylic acids is 2. The van der Waals surface area contributed by atoms with Gasteiger partial charge in [-0.2, -0.15) is 11.8 Å². The molecule has 0 spiro atoms. The average Bonchev–Trinajstić information content (AvgIpc) is 3.04. The summed E-state index contributed by atoms with van der Waals surface area (Å²) in [5, 5.41) is 20.1. The molecule has 0 radical (unpaired) electrons. The van der Waals surface area contributed by atoms with Gasteiger partial charge in [-0.15, -0.1) is 0 Å². The smallest absolute Gasteiger partial charge is 0.326 e. The van der Waals surface area contributed by atoms with Gasteiger partial charge in [0.15, 0.2) is 0 Å². The Morgan fingerprint density at radius 1 is 1.28 bits per heavy atom. The standard InChI is InChI=1S/C15H25N3O6S/c1-25-8-6-9(16)14(22)18-7-2-3-11(18)13(21)17-10(15(23)24)4-5-12(19)20/h9-11H,2-8,16H2,1H3,(H,17,21)(H,19,20)(H,23,24). The minimum atomic E-state index is -1.30. The lowest BCUT2D eigenvalue weighted by atomic mass is 10.1. The topological polar surface area (TPSA) is 150 Å². The molecule has 0 bridgehead atoms. The van der Waals surface area contributed by atoms with Gasteiger partial charge in [-0.25, -0.2) is 4.79 Å². The van der Waals surface area contributed by atoms with Gasteiger partial charge in [-0.05, 0) is 37.7 Å². The molecule has 0 aromatic heterocycles. The van der Waals surface area contributed by atoms with Crippen molar-refractivity contribution in [3.8, 4) is 0 Å². The molecule has 1 aliphatic heterocycles. The number of amides is 2. The number of nitrogens with two attached hydrogens (primary N) is 1. The van der Waals surface area contributed by atoms with Crippen molar-refractivity contribution in [3.63, 3.8) is 0 Å². The zero-order valence-electron chi connectivity index (χ0n) is 14.1. The van der Waals surface area contributed by atoms with Crippen LogP contribution in [0.5, 0.6) is 0 Å². The third-order valence-corrected chi connectivity index (χ3v) is 4.69. The summed E-state index contributed by atoms with van der Waals surface area (Å²) in [5.74, 6) is -2.61. The molecule has 1 heterocycles. The molecule has 0 saturated carbocycles. The second kappa shape index (κ2) is 10.2. The number of hydrogen-bond donors (Lipinski definition) is 4. The molecular weight excluding hydrogens is 350 g/mol. The molecule has 0 aromatic carbocycles. The van der Waals surface area contributed by atoms with Crippen LogP contribution in [0.4, 0.5) is 0 Å². The molecule has 3 atom stereocenters. The van der Waals surface area contributed by atoms with E-state index in [4.69, 9.17) is 15.9 Å². The molecule has 0 aliphatic carbocycles. The van der Waals surface area contributed by atoms with Crippen molar-refractivity contribution in [1.82, 2.24) is 10.2 Å². The largest absolute Gasteiger partial charge is 0.481 e. The van der Waals surface area contributed by atoms with Gasteiger partial charge in [0.2, 0.25) is 11.8 Å². The fourth-order valence-corrected chi connectivity index (χ4v) is 3.17. The van der Waals surface area contributed by atoms with Crippen LogP contribution in [-0.2, 0) is 19.2 Å².